The van der Waals surface area contributed by atoms with Gasteiger partial charge >= 0.3 is 64.4 Å². The molecule has 0 fully saturated rings. The fourth-order valence-corrected chi connectivity index (χ4v) is 0. The van der Waals surface area contributed by atoms with Crippen LogP contribution in [0.1, 0.15) is 0 Å². The largest absolute Gasteiger partial charge is 1.00 e. The van der Waals surface area contributed by atoms with Crippen molar-refractivity contribution >= 4 is 13.9 Å². The van der Waals surface area contributed by atoms with Crippen molar-refractivity contribution in [1.29, 1.82) is 0 Å². The van der Waals surface area contributed by atoms with Gasteiger partial charge in [-0.15, -0.1) is 0 Å². The van der Waals surface area contributed by atoms with E-state index in [1.165, 1.54) is 0 Å². The maximum absolute atomic E-state index is 11.2. The Morgan fingerprint density at radius 3 is 0.625 bits per heavy atom. The first-order valence-electron chi connectivity index (χ1n) is 1.13. The predicted molar refractivity (Wildman–Crippen MR) is 12.4 cm³/mol. The fourth-order valence-electron chi connectivity index (χ4n) is 0. The summed E-state index contributed by atoms with van der Waals surface area (Å²) in [6.07, 6.45) is 0. The van der Waals surface area contributed by atoms with E-state index in [0.717, 1.165) is 0 Å². The van der Waals surface area contributed by atoms with E-state index in [1.54, 1.807) is 0 Å². The Morgan fingerprint density at radius 1 is 0.625 bits per heavy atom. The number of rotatable bonds is 0. The van der Waals surface area contributed by atoms with Crippen LogP contribution in [0.15, 0.2) is 0 Å². The molecule has 0 rings (SSSR count). The minimum Gasteiger partial charge on any atom is 1.00 e. The molecule has 0 saturated heterocycles. The van der Waals surface area contributed by atoms with Gasteiger partial charge in [0.1, 0.15) is 0 Å². The van der Waals surface area contributed by atoms with Gasteiger partial charge in [-0.25, -0.2) is 0 Å². The van der Waals surface area contributed by atoms with Gasteiger partial charge in [-0.3, -0.25) is 0 Å². The standard InChI is InChI=1S/F6Ge.Na/c1-7(2,3,4,5)6;/q-2;+1. The van der Waals surface area contributed by atoms with Gasteiger partial charge < -0.3 is 0 Å². The molecule has 0 spiro atoms. The van der Waals surface area contributed by atoms with Crippen LogP contribution in [-0.2, 0) is 0 Å². The minimum absolute atomic E-state index is 0. The molecule has 8 heavy (non-hydrogen) atoms. The van der Waals surface area contributed by atoms with Crippen LogP contribution < -0.4 is 29.6 Å². The first-order valence-corrected chi connectivity index (χ1v) is 5.89. The quantitative estimate of drug-likeness (QED) is 0.360. The number of hydrogen-bond donors (Lipinski definition) is 0. The molecule has 0 nitrogen and oxygen atoms in total. The van der Waals surface area contributed by atoms with Crippen LogP contribution in [0, 0.1) is 0 Å². The molecule has 0 aromatic rings. The maximum Gasteiger partial charge on any atom is 1.00 e. The fraction of sp³-hybridized carbons (Fsp3) is 0. The SMILES string of the molecule is [F][Ge-2]([F])([F])([F])([F])[F].[Na+]. The molecule has 48 valence electrons. The zero-order valence-electron chi connectivity index (χ0n) is 3.77. The topological polar surface area (TPSA) is 0 Å². The average Bonchev–Trinajstić information content (AvgIpc) is 0.592. The van der Waals surface area contributed by atoms with Crippen molar-refractivity contribution in [2.45, 2.75) is 0 Å². The summed E-state index contributed by atoms with van der Waals surface area (Å²) in [5, 5.41) is 0. The maximum atomic E-state index is 9.92. The molecule has 0 unspecified atom stereocenters. The van der Waals surface area contributed by atoms with E-state index < -0.39 is 13.9 Å². The molecule has 0 aromatic carbocycles. The van der Waals surface area contributed by atoms with E-state index in [4.69, 9.17) is 0 Å². The average molecular weight is 210 g/mol. The van der Waals surface area contributed by atoms with Crippen LogP contribution >= 0.6 is 0 Å². The molecular formula is F6GeNa-. The Balaban J connectivity index is 0. The van der Waals surface area contributed by atoms with Crippen molar-refractivity contribution < 1.29 is 50.6 Å². The zero-order chi connectivity index (χ0) is 6.41. The van der Waals surface area contributed by atoms with E-state index in [9.17, 15) is 21.0 Å². The smallest absolute Gasteiger partial charge is 1.00 e. The van der Waals surface area contributed by atoms with Crippen LogP contribution in [0.3, 0.4) is 0 Å². The van der Waals surface area contributed by atoms with Gasteiger partial charge in [-0.05, 0) is 0 Å². The summed E-state index contributed by atoms with van der Waals surface area (Å²) >= 11 is -11.2. The molecule has 0 aliphatic carbocycles. The Hall–Kier alpha value is 1.12. The van der Waals surface area contributed by atoms with Crippen LogP contribution in [0.5, 0.6) is 0 Å². The van der Waals surface area contributed by atoms with Crippen molar-refractivity contribution in [2.75, 3.05) is 0 Å². The van der Waals surface area contributed by atoms with E-state index >= 15 is 0 Å². The van der Waals surface area contributed by atoms with Crippen LogP contribution in [0.4, 0.5) is 21.0 Å². The van der Waals surface area contributed by atoms with E-state index in [1.807, 2.05) is 0 Å². The molecule has 0 saturated carbocycles. The predicted octanol–water partition coefficient (Wildman–Crippen LogP) is -0.856. The van der Waals surface area contributed by atoms with Gasteiger partial charge in [0.25, 0.3) is 0 Å². The van der Waals surface area contributed by atoms with E-state index in [-0.39, 0.29) is 29.6 Å². The van der Waals surface area contributed by atoms with Gasteiger partial charge in [0.2, 0.25) is 0 Å². The Labute approximate surface area is 64.3 Å². The summed E-state index contributed by atoms with van der Waals surface area (Å²) in [6.45, 7) is 0. The Bertz CT molecular complexity index is 67.1. The third-order valence-electron chi connectivity index (χ3n) is 0. The van der Waals surface area contributed by atoms with Crippen LogP contribution in [0.2, 0.25) is 0 Å². The second-order valence-corrected chi connectivity index (χ2v) is 5.57. The first kappa shape index (κ1) is 11.9. The molecule has 0 radical (unpaired) electrons. The summed E-state index contributed by atoms with van der Waals surface area (Å²) < 4.78 is 59.5. The first-order chi connectivity index (χ1) is 2.45. The molecule has 0 N–H and O–H groups in total. The summed E-state index contributed by atoms with van der Waals surface area (Å²) in [5.41, 5.74) is 0. The van der Waals surface area contributed by atoms with Gasteiger partial charge in [-0.2, -0.15) is 0 Å². The zero-order valence-corrected chi connectivity index (χ0v) is 7.87. The molecule has 0 aliphatic rings. The van der Waals surface area contributed by atoms with Gasteiger partial charge in [0.15, 0.2) is 0 Å². The summed E-state index contributed by atoms with van der Waals surface area (Å²) in [5.74, 6) is 0. The Kier molecular flexibility index (Phi) is 2.35. The molecular weight excluding hydrogens is 210 g/mol. The minimum atomic E-state index is -11.2. The van der Waals surface area contributed by atoms with Gasteiger partial charge in [0.05, 0.1) is 0 Å². The second-order valence-electron chi connectivity index (χ2n) is 1.07. The summed E-state index contributed by atoms with van der Waals surface area (Å²) in [4.78, 5) is 0. The van der Waals surface area contributed by atoms with Crippen molar-refractivity contribution in [1.82, 2.24) is 0 Å². The molecule has 0 aliphatic heterocycles. The monoisotopic (exact) mass is 211 g/mol. The van der Waals surface area contributed by atoms with Gasteiger partial charge in [-0.1, -0.05) is 0 Å². The number of hydrogen-bond acceptors (Lipinski definition) is 0. The Morgan fingerprint density at radius 2 is 0.625 bits per heavy atom. The molecule has 0 amide bonds. The molecule has 8 heteroatoms. The third-order valence-corrected chi connectivity index (χ3v) is 0. The van der Waals surface area contributed by atoms with E-state index in [2.05, 4.69) is 0 Å². The van der Waals surface area contributed by atoms with Crippen LogP contribution in [0.25, 0.3) is 0 Å². The molecule has 0 atom stereocenters. The third kappa shape index (κ3) is 212. The second kappa shape index (κ2) is 1.59. The number of halogens is 6. The summed E-state index contributed by atoms with van der Waals surface area (Å²) in [7, 11) is 0. The van der Waals surface area contributed by atoms with Gasteiger partial charge in [0, 0.05) is 0 Å². The van der Waals surface area contributed by atoms with Crippen molar-refractivity contribution in [3.05, 3.63) is 0 Å². The van der Waals surface area contributed by atoms with E-state index in [0.29, 0.717) is 0 Å². The summed E-state index contributed by atoms with van der Waals surface area (Å²) in [6, 6.07) is 0. The normalized spacial score (nSPS) is 20.2. The van der Waals surface area contributed by atoms with Crippen molar-refractivity contribution in [2.24, 2.45) is 0 Å². The van der Waals surface area contributed by atoms with Crippen molar-refractivity contribution in [3.8, 4) is 0 Å². The molecule has 0 heterocycles. The molecule has 0 aromatic heterocycles. The van der Waals surface area contributed by atoms with Crippen LogP contribution in [-0.4, -0.2) is 13.9 Å². The van der Waals surface area contributed by atoms with Crippen molar-refractivity contribution in [3.63, 3.8) is 0 Å². The molecule has 0 bridgehead atoms.